The maximum atomic E-state index is 9.12. The highest BCUT2D eigenvalue weighted by Gasteiger charge is 1.88. The normalized spacial score (nSPS) is 12.4. The summed E-state index contributed by atoms with van der Waals surface area (Å²) >= 11 is 0. The number of unbranched alkanes of at least 4 members (excludes halogenated alkanes) is 6. The van der Waals surface area contributed by atoms with Crippen LogP contribution in [0.2, 0.25) is 0 Å². The molecule has 0 bridgehead atoms. The van der Waals surface area contributed by atoms with Gasteiger partial charge in [-0.15, -0.1) is 13.0 Å². The zero-order valence-corrected chi connectivity index (χ0v) is 13.5. The molecule has 0 amide bonds. The predicted octanol–water partition coefficient (Wildman–Crippen LogP) is 4.96. The number of aliphatic hydroxyl groups is 1. The first-order chi connectivity index (χ1) is 10.8. The molecule has 0 aromatic carbocycles. The average molecular weight is 296 g/mol. The van der Waals surface area contributed by atoms with Crippen LogP contribution in [0, 0.1) is 24.2 Å². The van der Waals surface area contributed by atoms with Crippen molar-refractivity contribution in [3.05, 3.63) is 49.1 Å². The summed E-state index contributed by atoms with van der Waals surface area (Å²) in [7, 11) is 0. The van der Waals surface area contributed by atoms with Crippen molar-refractivity contribution >= 4 is 0 Å². The van der Waals surface area contributed by atoms with E-state index in [0.717, 1.165) is 44.9 Å². The molecule has 0 heterocycles. The van der Waals surface area contributed by atoms with Gasteiger partial charge in [-0.3, -0.25) is 0 Å². The summed E-state index contributed by atoms with van der Waals surface area (Å²) in [5.41, 5.74) is 0. The molecular weight excluding hydrogens is 268 g/mol. The molecule has 0 aliphatic carbocycles. The Hall–Kier alpha value is -1.96. The monoisotopic (exact) mass is 296 g/mol. The van der Waals surface area contributed by atoms with Gasteiger partial charge in [0.1, 0.15) is 6.10 Å². The molecule has 0 spiro atoms. The fraction of sp³-hybridized carbons (Fsp3) is 0.429. The van der Waals surface area contributed by atoms with E-state index in [2.05, 4.69) is 30.4 Å². The van der Waals surface area contributed by atoms with Crippen molar-refractivity contribution < 1.29 is 5.11 Å². The second-order valence-electron chi connectivity index (χ2n) is 4.97. The number of rotatable bonds is 11. The van der Waals surface area contributed by atoms with Gasteiger partial charge in [-0.2, -0.15) is 0 Å². The van der Waals surface area contributed by atoms with Gasteiger partial charge in [-0.05, 0) is 57.1 Å². The van der Waals surface area contributed by atoms with E-state index in [4.69, 9.17) is 11.5 Å². The molecule has 0 aromatic heterocycles. The summed E-state index contributed by atoms with van der Waals surface area (Å²) in [6.45, 7) is 3.70. The Balaban J connectivity index is 3.49. The number of hydrogen-bond acceptors (Lipinski definition) is 1. The minimum absolute atomic E-state index is 0.742. The van der Waals surface area contributed by atoms with Crippen LogP contribution in [0.5, 0.6) is 0 Å². The van der Waals surface area contributed by atoms with Crippen LogP contribution in [0.25, 0.3) is 0 Å². The smallest absolute Gasteiger partial charge is 0.133 e. The Morgan fingerprint density at radius 1 is 1.00 bits per heavy atom. The Morgan fingerprint density at radius 2 is 1.73 bits per heavy atom. The summed E-state index contributed by atoms with van der Waals surface area (Å²) in [6, 6.07) is 0. The van der Waals surface area contributed by atoms with Crippen molar-refractivity contribution in [2.75, 3.05) is 0 Å². The van der Waals surface area contributed by atoms with Gasteiger partial charge in [-0.25, -0.2) is 0 Å². The van der Waals surface area contributed by atoms with Gasteiger partial charge in [0.25, 0.3) is 0 Å². The van der Waals surface area contributed by atoms with E-state index >= 15 is 0 Å². The highest BCUT2D eigenvalue weighted by atomic mass is 16.3. The van der Waals surface area contributed by atoms with E-state index in [1.54, 1.807) is 6.08 Å². The van der Waals surface area contributed by atoms with Crippen molar-refractivity contribution in [2.24, 2.45) is 0 Å². The summed E-state index contributed by atoms with van der Waals surface area (Å²) in [5, 5.41) is 9.12. The third kappa shape index (κ3) is 16.1. The third-order valence-corrected chi connectivity index (χ3v) is 2.97. The fourth-order valence-corrected chi connectivity index (χ4v) is 1.72. The molecule has 0 saturated heterocycles. The first kappa shape index (κ1) is 20.0. The van der Waals surface area contributed by atoms with Crippen molar-refractivity contribution in [1.82, 2.24) is 0 Å². The van der Waals surface area contributed by atoms with Crippen LogP contribution < -0.4 is 0 Å². The van der Waals surface area contributed by atoms with Gasteiger partial charge in [0, 0.05) is 6.42 Å². The first-order valence-corrected chi connectivity index (χ1v) is 8.03. The summed E-state index contributed by atoms with van der Waals surface area (Å²) < 4.78 is 0. The topological polar surface area (TPSA) is 20.2 Å². The summed E-state index contributed by atoms with van der Waals surface area (Å²) in [4.78, 5) is 0. The van der Waals surface area contributed by atoms with E-state index in [1.165, 1.54) is 6.42 Å². The minimum Gasteiger partial charge on any atom is -0.377 e. The van der Waals surface area contributed by atoms with Crippen LogP contribution in [0.3, 0.4) is 0 Å². The van der Waals surface area contributed by atoms with Crippen molar-refractivity contribution in [2.45, 2.75) is 57.5 Å². The van der Waals surface area contributed by atoms with Crippen molar-refractivity contribution in [3.63, 3.8) is 0 Å². The number of allylic oxidation sites excluding steroid dienone is 6. The van der Waals surface area contributed by atoms with Crippen LogP contribution in [-0.2, 0) is 0 Å². The standard InChI is InChI=1S/C21H28O/c1-3-5-6-7-8-9-10-11-12-13-14-15-16-17-18-19-20-21(22)4-2/h2-3,11-14,19-22H,1,5-8,15-18H2/b12-11-,14-13-,20-19+. The van der Waals surface area contributed by atoms with E-state index in [1.807, 2.05) is 30.4 Å². The highest BCUT2D eigenvalue weighted by molar-refractivity contribution is 5.19. The molecule has 1 nitrogen and oxygen atoms in total. The fourth-order valence-electron chi connectivity index (χ4n) is 1.72. The molecule has 1 atom stereocenters. The molecule has 0 aliphatic rings. The molecule has 1 heteroatoms. The molecule has 0 rings (SSSR count). The maximum absolute atomic E-state index is 9.12. The van der Waals surface area contributed by atoms with Crippen LogP contribution >= 0.6 is 0 Å². The summed E-state index contributed by atoms with van der Waals surface area (Å²) in [6.07, 6.45) is 26.6. The van der Waals surface area contributed by atoms with E-state index in [0.29, 0.717) is 0 Å². The van der Waals surface area contributed by atoms with E-state index in [-0.39, 0.29) is 0 Å². The number of aliphatic hydroxyl groups excluding tert-OH is 1. The van der Waals surface area contributed by atoms with Crippen LogP contribution in [-0.4, -0.2) is 11.2 Å². The second kappa shape index (κ2) is 17.1. The van der Waals surface area contributed by atoms with Crippen LogP contribution in [0.1, 0.15) is 51.4 Å². The molecule has 1 unspecified atom stereocenters. The van der Waals surface area contributed by atoms with Crippen LogP contribution in [0.4, 0.5) is 0 Å². The minimum atomic E-state index is -0.742. The van der Waals surface area contributed by atoms with Gasteiger partial charge >= 0.3 is 0 Å². The lowest BCUT2D eigenvalue weighted by Gasteiger charge is -1.94. The highest BCUT2D eigenvalue weighted by Crippen LogP contribution is 2.02. The third-order valence-electron chi connectivity index (χ3n) is 2.97. The van der Waals surface area contributed by atoms with Gasteiger partial charge in [0.05, 0.1) is 0 Å². The summed E-state index contributed by atoms with van der Waals surface area (Å²) in [5.74, 6) is 8.43. The van der Waals surface area contributed by atoms with Crippen molar-refractivity contribution in [3.8, 4) is 24.2 Å². The lowest BCUT2D eigenvalue weighted by Crippen LogP contribution is -1.95. The van der Waals surface area contributed by atoms with Gasteiger partial charge < -0.3 is 5.11 Å². The molecule has 118 valence electrons. The molecule has 0 saturated carbocycles. The van der Waals surface area contributed by atoms with Crippen LogP contribution in [0.15, 0.2) is 49.1 Å². The number of hydrogen-bond donors (Lipinski definition) is 1. The Labute approximate surface area is 136 Å². The van der Waals surface area contributed by atoms with Gasteiger partial charge in [0.2, 0.25) is 0 Å². The van der Waals surface area contributed by atoms with Crippen molar-refractivity contribution in [1.29, 1.82) is 0 Å². The lowest BCUT2D eigenvalue weighted by atomic mass is 10.1. The zero-order chi connectivity index (χ0) is 16.3. The maximum Gasteiger partial charge on any atom is 0.133 e. The molecule has 0 aromatic rings. The number of terminal acetylenes is 1. The molecule has 0 fully saturated rings. The van der Waals surface area contributed by atoms with E-state index < -0.39 is 6.10 Å². The quantitative estimate of drug-likeness (QED) is 0.247. The molecule has 0 aliphatic heterocycles. The SMILES string of the molecule is C#CC(O)/C=C/CCCC/C=C\C=C/C#CCCCCC=C. The second-order valence-corrected chi connectivity index (χ2v) is 4.97. The molecular formula is C21H28O. The molecule has 0 radical (unpaired) electrons. The van der Waals surface area contributed by atoms with Gasteiger partial charge in [0.15, 0.2) is 0 Å². The Morgan fingerprint density at radius 3 is 2.45 bits per heavy atom. The predicted molar refractivity (Wildman–Crippen MR) is 97.2 cm³/mol. The largest absolute Gasteiger partial charge is 0.377 e. The lowest BCUT2D eigenvalue weighted by molar-refractivity contribution is 0.280. The molecule has 1 N–H and O–H groups in total. The zero-order valence-electron chi connectivity index (χ0n) is 13.5. The Bertz CT molecular complexity index is 449. The molecule has 22 heavy (non-hydrogen) atoms. The average Bonchev–Trinajstić information content (AvgIpc) is 2.54. The first-order valence-electron chi connectivity index (χ1n) is 8.03. The van der Waals surface area contributed by atoms with Gasteiger partial charge in [-0.1, -0.05) is 48.1 Å². The Kier molecular flexibility index (Phi) is 15.6. The van der Waals surface area contributed by atoms with E-state index in [9.17, 15) is 0 Å².